The van der Waals surface area contributed by atoms with Crippen molar-refractivity contribution in [3.05, 3.63) is 64.2 Å². The fraction of sp³-hybridized carbons (Fsp3) is 0.222. The summed E-state index contributed by atoms with van der Waals surface area (Å²) in [6.45, 7) is 0. The number of nitrogens with one attached hydrogen (secondary N) is 2. The van der Waals surface area contributed by atoms with Crippen LogP contribution < -0.4 is 10.6 Å². The van der Waals surface area contributed by atoms with E-state index in [2.05, 4.69) is 15.7 Å². The first-order chi connectivity index (χ1) is 13.8. The number of hydrogen-bond donors (Lipinski definition) is 2. The second kappa shape index (κ2) is 7.31. The fourth-order valence-corrected chi connectivity index (χ4v) is 3.54. The lowest BCUT2D eigenvalue weighted by Gasteiger charge is -2.32. The van der Waals surface area contributed by atoms with E-state index in [1.807, 2.05) is 0 Å². The highest BCUT2D eigenvalue weighted by atomic mass is 35.5. The van der Waals surface area contributed by atoms with Crippen molar-refractivity contribution in [3.8, 4) is 0 Å². The molecule has 0 aliphatic carbocycles. The Kier molecular flexibility index (Phi) is 4.95. The van der Waals surface area contributed by atoms with Crippen LogP contribution in [0.4, 0.5) is 24.7 Å². The summed E-state index contributed by atoms with van der Waals surface area (Å²) in [6, 6.07) is 5.13. The lowest BCUT2D eigenvalue weighted by molar-refractivity contribution is -0.174. The minimum absolute atomic E-state index is 0.0596. The lowest BCUT2D eigenvalue weighted by atomic mass is 10.0. The molecule has 6 nitrogen and oxygen atoms in total. The zero-order valence-corrected chi connectivity index (χ0v) is 16.0. The summed E-state index contributed by atoms with van der Waals surface area (Å²) < 4.78 is 46.9. The number of hydrogen-bond acceptors (Lipinski definition) is 4. The number of nitrogens with zero attached hydrogens (tertiary/aromatic N) is 2. The van der Waals surface area contributed by atoms with E-state index in [0.29, 0.717) is 5.76 Å². The number of furan rings is 1. The van der Waals surface area contributed by atoms with Gasteiger partial charge in [-0.1, -0.05) is 29.3 Å². The van der Waals surface area contributed by atoms with E-state index in [9.17, 15) is 18.0 Å². The van der Waals surface area contributed by atoms with Gasteiger partial charge in [0.05, 0.1) is 34.2 Å². The molecule has 2 N–H and O–H groups in total. The number of aromatic nitrogens is 2. The van der Waals surface area contributed by atoms with Gasteiger partial charge in [0, 0.05) is 6.42 Å². The molecule has 3 aromatic rings. The summed E-state index contributed by atoms with van der Waals surface area (Å²) in [5, 5.41) is 9.64. The molecule has 1 aliphatic rings. The molecule has 0 bridgehead atoms. The molecule has 2 atom stereocenters. The number of benzene rings is 1. The molecule has 1 amide bonds. The predicted molar refractivity (Wildman–Crippen MR) is 101 cm³/mol. The summed E-state index contributed by atoms with van der Waals surface area (Å²) in [5.74, 6) is -0.407. The van der Waals surface area contributed by atoms with Crippen LogP contribution in [0.3, 0.4) is 0 Å². The molecule has 2 unspecified atom stereocenters. The molecule has 1 aromatic carbocycles. The van der Waals surface area contributed by atoms with E-state index in [1.165, 1.54) is 12.3 Å². The number of amides is 1. The van der Waals surface area contributed by atoms with E-state index in [1.54, 1.807) is 24.3 Å². The zero-order chi connectivity index (χ0) is 20.8. The molecule has 4 rings (SSSR count). The second-order valence-electron chi connectivity index (χ2n) is 6.41. The topological polar surface area (TPSA) is 72.1 Å². The van der Waals surface area contributed by atoms with Crippen LogP contribution in [0, 0.1) is 0 Å². The highest BCUT2D eigenvalue weighted by molar-refractivity contribution is 6.44. The van der Waals surface area contributed by atoms with Crippen molar-refractivity contribution in [3.63, 3.8) is 0 Å². The summed E-state index contributed by atoms with van der Waals surface area (Å²) >= 11 is 12.0. The monoisotopic (exact) mass is 444 g/mol. The molecular formula is C18H13Cl2F3N4O2. The number of anilines is 2. The maximum Gasteiger partial charge on any atom is 0.410 e. The van der Waals surface area contributed by atoms with Gasteiger partial charge in [-0.25, -0.2) is 4.68 Å². The van der Waals surface area contributed by atoms with Crippen molar-refractivity contribution in [2.75, 3.05) is 10.6 Å². The largest absolute Gasteiger partial charge is 0.467 e. The van der Waals surface area contributed by atoms with Crippen molar-refractivity contribution in [2.24, 2.45) is 0 Å². The average molecular weight is 445 g/mol. The summed E-state index contributed by atoms with van der Waals surface area (Å²) in [7, 11) is 0. The normalized spacial score (nSPS) is 18.8. The van der Waals surface area contributed by atoms with E-state index in [0.717, 1.165) is 10.9 Å². The molecule has 0 radical (unpaired) electrons. The van der Waals surface area contributed by atoms with Crippen LogP contribution in [-0.4, -0.2) is 21.9 Å². The highest BCUT2D eigenvalue weighted by Crippen LogP contribution is 2.44. The maximum atomic E-state index is 13.6. The van der Waals surface area contributed by atoms with Gasteiger partial charge in [0.1, 0.15) is 17.1 Å². The van der Waals surface area contributed by atoms with Crippen molar-refractivity contribution >= 4 is 40.6 Å². The van der Waals surface area contributed by atoms with E-state index in [4.69, 9.17) is 27.6 Å². The van der Waals surface area contributed by atoms with Crippen LogP contribution in [-0.2, 0) is 0 Å². The van der Waals surface area contributed by atoms with Gasteiger partial charge in [0.25, 0.3) is 5.91 Å². The molecule has 0 saturated heterocycles. The molecule has 11 heteroatoms. The first-order valence-corrected chi connectivity index (χ1v) is 9.21. The molecule has 0 fully saturated rings. The standard InChI is InChI=1S/C18H13Cl2F3N4O2/c19-10-3-1-4-11(15(10)20)26-17(28)9-8-24-27-14(18(21,22)23)7-12(25-16(9)27)13-5-2-6-29-13/h1-6,8,12,14,25H,7H2,(H,26,28). The highest BCUT2D eigenvalue weighted by Gasteiger charge is 2.47. The Balaban J connectivity index is 1.70. The first kappa shape index (κ1) is 19.7. The first-order valence-electron chi connectivity index (χ1n) is 8.45. The van der Waals surface area contributed by atoms with Gasteiger partial charge in [0.15, 0.2) is 6.04 Å². The van der Waals surface area contributed by atoms with Gasteiger partial charge in [-0.3, -0.25) is 4.79 Å². The van der Waals surface area contributed by atoms with Crippen LogP contribution >= 0.6 is 23.2 Å². The Labute approximate surface area is 172 Å². The average Bonchev–Trinajstić information content (AvgIpc) is 3.33. The Morgan fingerprint density at radius 3 is 2.76 bits per heavy atom. The molecule has 0 saturated carbocycles. The Hall–Kier alpha value is -2.65. The van der Waals surface area contributed by atoms with Gasteiger partial charge in [-0.15, -0.1) is 0 Å². The molecule has 152 valence electrons. The van der Waals surface area contributed by atoms with Crippen LogP contribution in [0.15, 0.2) is 47.2 Å². The third-order valence-corrected chi connectivity index (χ3v) is 5.39. The fourth-order valence-electron chi connectivity index (χ4n) is 3.19. The molecule has 1 aliphatic heterocycles. The van der Waals surface area contributed by atoms with Crippen molar-refractivity contribution in [1.82, 2.24) is 9.78 Å². The minimum Gasteiger partial charge on any atom is -0.467 e. The number of rotatable bonds is 3. The number of fused-ring (bicyclic) bond motifs is 1. The van der Waals surface area contributed by atoms with Crippen molar-refractivity contribution < 1.29 is 22.4 Å². The summed E-state index contributed by atoms with van der Waals surface area (Å²) in [6.07, 6.45) is -2.43. The Morgan fingerprint density at radius 2 is 2.07 bits per heavy atom. The van der Waals surface area contributed by atoms with Crippen LogP contribution in [0.2, 0.25) is 10.0 Å². The quantitative estimate of drug-likeness (QED) is 0.543. The summed E-state index contributed by atoms with van der Waals surface area (Å²) in [4.78, 5) is 12.7. The molecule has 0 spiro atoms. The third kappa shape index (κ3) is 3.67. The van der Waals surface area contributed by atoms with Gasteiger partial charge >= 0.3 is 6.18 Å². The number of carbonyl (C=O) groups is 1. The number of halogens is 5. The second-order valence-corrected chi connectivity index (χ2v) is 7.20. The zero-order valence-electron chi connectivity index (χ0n) is 14.5. The third-order valence-electron chi connectivity index (χ3n) is 4.57. The Morgan fingerprint density at radius 1 is 1.28 bits per heavy atom. The number of alkyl halides is 3. The van der Waals surface area contributed by atoms with Crippen LogP contribution in [0.25, 0.3) is 0 Å². The lowest BCUT2D eigenvalue weighted by Crippen LogP contribution is -2.36. The van der Waals surface area contributed by atoms with E-state index >= 15 is 0 Å². The molecule has 2 aromatic heterocycles. The predicted octanol–water partition coefficient (Wildman–Crippen LogP) is 5.70. The molecular weight excluding hydrogens is 432 g/mol. The summed E-state index contributed by atoms with van der Waals surface area (Å²) in [5.41, 5.74) is 0.168. The van der Waals surface area contributed by atoms with Gasteiger partial charge in [0.2, 0.25) is 0 Å². The van der Waals surface area contributed by atoms with Gasteiger partial charge in [-0.05, 0) is 24.3 Å². The van der Waals surface area contributed by atoms with Crippen LogP contribution in [0.1, 0.15) is 34.6 Å². The van der Waals surface area contributed by atoms with E-state index in [-0.39, 0.29) is 33.5 Å². The maximum absolute atomic E-state index is 13.6. The Bertz CT molecular complexity index is 1050. The van der Waals surface area contributed by atoms with Gasteiger partial charge in [-0.2, -0.15) is 18.3 Å². The SMILES string of the molecule is O=C(Nc1cccc(Cl)c1Cl)c1cnn2c1NC(c1ccco1)CC2C(F)(F)F. The molecule has 29 heavy (non-hydrogen) atoms. The van der Waals surface area contributed by atoms with Crippen molar-refractivity contribution in [1.29, 1.82) is 0 Å². The van der Waals surface area contributed by atoms with E-state index < -0.39 is 24.2 Å². The van der Waals surface area contributed by atoms with Crippen molar-refractivity contribution in [2.45, 2.75) is 24.7 Å². The molecule has 3 heterocycles. The minimum atomic E-state index is -4.56. The van der Waals surface area contributed by atoms with Crippen LogP contribution in [0.5, 0.6) is 0 Å². The smallest absolute Gasteiger partial charge is 0.410 e. The van der Waals surface area contributed by atoms with Gasteiger partial charge < -0.3 is 15.1 Å². The number of carbonyl (C=O) groups excluding carboxylic acids is 1.